The molecule has 0 bridgehead atoms. The first-order chi connectivity index (χ1) is 15.6. The van der Waals surface area contributed by atoms with E-state index < -0.39 is 0 Å². The number of carbonyl (C=O) groups excluding carboxylic acids is 1. The minimum Gasteiger partial charge on any atom is -0.372 e. The van der Waals surface area contributed by atoms with E-state index in [4.69, 9.17) is 0 Å². The number of carbonyl (C=O) groups is 1. The van der Waals surface area contributed by atoms with Crippen LogP contribution in [-0.4, -0.2) is 28.5 Å². The molecule has 1 saturated heterocycles. The van der Waals surface area contributed by atoms with Crippen molar-refractivity contribution >= 4 is 38.8 Å². The van der Waals surface area contributed by atoms with Crippen LogP contribution in [0.3, 0.4) is 0 Å². The van der Waals surface area contributed by atoms with Gasteiger partial charge in [-0.3, -0.25) is 14.2 Å². The number of hydrogen-bond donors (Lipinski definition) is 1. The molecule has 2 aromatic carbocycles. The van der Waals surface area contributed by atoms with Crippen molar-refractivity contribution in [1.29, 1.82) is 0 Å². The van der Waals surface area contributed by atoms with Crippen molar-refractivity contribution < 1.29 is 4.79 Å². The normalized spacial score (nSPS) is 13.6. The summed E-state index contributed by atoms with van der Waals surface area (Å²) in [6.07, 6.45) is 3.90. The fourth-order valence-electron chi connectivity index (χ4n) is 4.11. The number of rotatable bonds is 5. The molecule has 4 aromatic rings. The minimum absolute atomic E-state index is 0.0845. The van der Waals surface area contributed by atoms with E-state index in [0.29, 0.717) is 10.2 Å². The molecule has 1 N–H and O–H groups in total. The van der Waals surface area contributed by atoms with E-state index in [1.165, 1.54) is 40.8 Å². The third kappa shape index (κ3) is 4.03. The average molecular weight is 445 g/mol. The van der Waals surface area contributed by atoms with Crippen molar-refractivity contribution in [3.63, 3.8) is 0 Å². The van der Waals surface area contributed by atoms with Gasteiger partial charge < -0.3 is 10.2 Å². The van der Waals surface area contributed by atoms with Crippen molar-refractivity contribution in [2.45, 2.75) is 26.3 Å². The maximum atomic E-state index is 13.2. The second-order valence-electron chi connectivity index (χ2n) is 8.16. The van der Waals surface area contributed by atoms with Crippen molar-refractivity contribution in [2.75, 3.05) is 23.3 Å². The van der Waals surface area contributed by atoms with Crippen molar-refractivity contribution in [3.05, 3.63) is 76.2 Å². The Bertz CT molecular complexity index is 1320. The summed E-state index contributed by atoms with van der Waals surface area (Å²) in [4.78, 5) is 33.3. The highest BCUT2D eigenvalue weighted by Crippen LogP contribution is 2.30. The van der Waals surface area contributed by atoms with E-state index in [-0.39, 0.29) is 18.0 Å². The van der Waals surface area contributed by atoms with Gasteiger partial charge in [0.05, 0.1) is 11.7 Å². The van der Waals surface area contributed by atoms with Crippen LogP contribution in [-0.2, 0) is 11.3 Å². The molecular formula is C25H24N4O2S. The van der Waals surface area contributed by atoms with Crippen LogP contribution >= 0.6 is 11.3 Å². The van der Waals surface area contributed by atoms with Crippen LogP contribution in [0.1, 0.15) is 18.4 Å². The molecule has 2 aromatic heterocycles. The number of aromatic nitrogens is 2. The molecule has 0 atom stereocenters. The first kappa shape index (κ1) is 20.5. The van der Waals surface area contributed by atoms with Gasteiger partial charge in [-0.2, -0.15) is 0 Å². The summed E-state index contributed by atoms with van der Waals surface area (Å²) in [5.41, 5.74) is 4.68. The van der Waals surface area contributed by atoms with Gasteiger partial charge in [0.25, 0.3) is 5.56 Å². The second kappa shape index (κ2) is 8.59. The van der Waals surface area contributed by atoms with Gasteiger partial charge in [0.15, 0.2) is 0 Å². The highest BCUT2D eigenvalue weighted by Gasteiger charge is 2.15. The molecule has 0 saturated carbocycles. The first-order valence-electron chi connectivity index (χ1n) is 10.8. The fourth-order valence-corrected chi connectivity index (χ4v) is 5.02. The van der Waals surface area contributed by atoms with E-state index in [9.17, 15) is 9.59 Å². The summed E-state index contributed by atoms with van der Waals surface area (Å²) in [5, 5.41) is 5.40. The largest absolute Gasteiger partial charge is 0.372 e. The number of nitrogens with one attached hydrogen (secondary N) is 1. The summed E-state index contributed by atoms with van der Waals surface area (Å²) in [6, 6.07) is 15.9. The van der Waals surface area contributed by atoms with Crippen LogP contribution in [0.15, 0.2) is 65.0 Å². The third-order valence-electron chi connectivity index (χ3n) is 5.86. The Kier molecular flexibility index (Phi) is 5.49. The number of nitrogens with zero attached hydrogens (tertiary/aromatic N) is 3. The zero-order valence-corrected chi connectivity index (χ0v) is 18.7. The Morgan fingerprint density at radius 2 is 1.78 bits per heavy atom. The lowest BCUT2D eigenvalue weighted by atomic mass is 10.1. The number of anilines is 2. The molecule has 1 fully saturated rings. The van der Waals surface area contributed by atoms with Crippen LogP contribution in [0.4, 0.5) is 11.4 Å². The second-order valence-corrected chi connectivity index (χ2v) is 9.02. The van der Waals surface area contributed by atoms with Crippen LogP contribution < -0.4 is 15.8 Å². The summed E-state index contributed by atoms with van der Waals surface area (Å²) in [7, 11) is 0. The van der Waals surface area contributed by atoms with E-state index in [1.807, 2.05) is 60.8 Å². The van der Waals surface area contributed by atoms with Gasteiger partial charge in [0.2, 0.25) is 5.91 Å². The Balaban J connectivity index is 1.35. The van der Waals surface area contributed by atoms with Gasteiger partial charge in [-0.05, 0) is 49.6 Å². The highest BCUT2D eigenvalue weighted by atomic mass is 32.1. The molecule has 162 valence electrons. The van der Waals surface area contributed by atoms with Crippen LogP contribution in [0.5, 0.6) is 0 Å². The predicted molar refractivity (Wildman–Crippen MR) is 131 cm³/mol. The fraction of sp³-hybridized carbons (Fsp3) is 0.240. The van der Waals surface area contributed by atoms with Gasteiger partial charge in [-0.15, -0.1) is 11.3 Å². The molecule has 6 nitrogen and oxygen atoms in total. The standard InChI is InChI=1S/C25H24N4O2S/c1-17-4-6-18(7-5-17)21-15-32-24-23(21)25(31)29(16-26-24)14-22(30)27-19-8-10-20(11-9-19)28-12-2-3-13-28/h4-11,15-16H,2-3,12-14H2,1H3,(H,27,30). The van der Waals surface area contributed by atoms with E-state index >= 15 is 0 Å². The molecule has 1 aliphatic heterocycles. The zero-order valence-electron chi connectivity index (χ0n) is 17.9. The minimum atomic E-state index is -0.255. The first-order valence-corrected chi connectivity index (χ1v) is 11.6. The average Bonchev–Trinajstić information content (AvgIpc) is 3.48. The Hall–Kier alpha value is -3.45. The van der Waals surface area contributed by atoms with Crippen LogP contribution in [0, 0.1) is 6.92 Å². The smallest absolute Gasteiger partial charge is 0.263 e. The van der Waals surface area contributed by atoms with E-state index in [2.05, 4.69) is 15.2 Å². The molecule has 3 heterocycles. The molecule has 1 amide bonds. The number of thiophene rings is 1. The van der Waals surface area contributed by atoms with E-state index in [0.717, 1.165) is 35.5 Å². The molecule has 1 aliphatic rings. The number of aryl methyl sites for hydroxylation is 1. The summed E-state index contributed by atoms with van der Waals surface area (Å²) in [6.45, 7) is 4.11. The Morgan fingerprint density at radius 1 is 1.06 bits per heavy atom. The quantitative estimate of drug-likeness (QED) is 0.486. The maximum Gasteiger partial charge on any atom is 0.263 e. The van der Waals surface area contributed by atoms with Gasteiger partial charge >= 0.3 is 0 Å². The summed E-state index contributed by atoms with van der Waals surface area (Å²) in [5.74, 6) is -0.255. The molecule has 0 radical (unpaired) electrons. The number of benzene rings is 2. The Morgan fingerprint density at radius 3 is 2.50 bits per heavy atom. The molecular weight excluding hydrogens is 420 g/mol. The molecule has 0 spiro atoms. The van der Waals surface area contributed by atoms with Gasteiger partial charge in [-0.25, -0.2) is 4.98 Å². The van der Waals surface area contributed by atoms with Crippen molar-refractivity contribution in [1.82, 2.24) is 9.55 Å². The monoisotopic (exact) mass is 444 g/mol. The van der Waals surface area contributed by atoms with Crippen LogP contribution in [0.25, 0.3) is 21.3 Å². The molecule has 0 aliphatic carbocycles. The van der Waals surface area contributed by atoms with Crippen molar-refractivity contribution in [2.24, 2.45) is 0 Å². The van der Waals surface area contributed by atoms with Crippen LogP contribution in [0.2, 0.25) is 0 Å². The van der Waals surface area contributed by atoms with E-state index in [1.54, 1.807) is 0 Å². The predicted octanol–water partition coefficient (Wildman–Crippen LogP) is 4.67. The molecule has 5 rings (SSSR count). The lowest BCUT2D eigenvalue weighted by Gasteiger charge is -2.17. The lowest BCUT2D eigenvalue weighted by molar-refractivity contribution is -0.116. The molecule has 7 heteroatoms. The number of fused-ring (bicyclic) bond motifs is 1. The maximum absolute atomic E-state index is 13.2. The van der Waals surface area contributed by atoms with Gasteiger partial charge in [0.1, 0.15) is 11.4 Å². The third-order valence-corrected chi connectivity index (χ3v) is 6.75. The summed E-state index contributed by atoms with van der Waals surface area (Å²) < 4.78 is 1.38. The topological polar surface area (TPSA) is 67.2 Å². The number of hydrogen-bond acceptors (Lipinski definition) is 5. The molecule has 32 heavy (non-hydrogen) atoms. The molecule has 0 unspecified atom stereocenters. The Labute approximate surface area is 190 Å². The number of amides is 1. The highest BCUT2D eigenvalue weighted by molar-refractivity contribution is 7.17. The summed E-state index contributed by atoms with van der Waals surface area (Å²) >= 11 is 1.44. The van der Waals surface area contributed by atoms with Gasteiger partial charge in [0, 0.05) is 35.4 Å². The zero-order chi connectivity index (χ0) is 22.1. The van der Waals surface area contributed by atoms with Crippen molar-refractivity contribution in [3.8, 4) is 11.1 Å². The lowest BCUT2D eigenvalue weighted by Crippen LogP contribution is -2.27. The van der Waals surface area contributed by atoms with Gasteiger partial charge in [-0.1, -0.05) is 29.8 Å². The SMILES string of the molecule is Cc1ccc(-c2csc3ncn(CC(=O)Nc4ccc(N5CCCC5)cc4)c(=O)c23)cc1.